The van der Waals surface area contributed by atoms with Crippen LogP contribution in [0, 0.1) is 46.3 Å². The van der Waals surface area contributed by atoms with E-state index in [0.29, 0.717) is 24.3 Å². The summed E-state index contributed by atoms with van der Waals surface area (Å²) in [6.07, 6.45) is 2.55. The fourth-order valence-electron chi connectivity index (χ4n) is 9.98. The number of amides is 4. The highest BCUT2D eigenvalue weighted by Crippen LogP contribution is 2.53. The molecule has 372 valence electrons. The van der Waals surface area contributed by atoms with Crippen molar-refractivity contribution in [1.29, 1.82) is 0 Å². The van der Waals surface area contributed by atoms with Crippen LogP contribution >= 0.6 is 35.7 Å². The zero-order valence-electron chi connectivity index (χ0n) is 40.9. The number of carbonyl (C=O) groups excluding carboxylic acids is 5. The monoisotopic (exact) mass is 999 g/mol. The van der Waals surface area contributed by atoms with Crippen molar-refractivity contribution in [3.8, 4) is 23.7 Å². The van der Waals surface area contributed by atoms with Gasteiger partial charge in [-0.25, -0.2) is 0 Å². The van der Waals surface area contributed by atoms with Gasteiger partial charge < -0.3 is 46.3 Å². The molecule has 17 heteroatoms. The lowest BCUT2D eigenvalue weighted by Gasteiger charge is -2.35. The summed E-state index contributed by atoms with van der Waals surface area (Å²) < 4.78 is 12.0. The smallest absolute Gasteiger partial charge is 0.246 e. The molecule has 4 amide bonds. The Morgan fingerprint density at radius 1 is 0.783 bits per heavy atom. The molecule has 0 aromatic heterocycles. The van der Waals surface area contributed by atoms with Crippen molar-refractivity contribution >= 4 is 70.1 Å². The molecule has 2 aromatic rings. The fourth-order valence-corrected chi connectivity index (χ4v) is 13.5. The van der Waals surface area contributed by atoms with Crippen molar-refractivity contribution in [3.63, 3.8) is 0 Å². The second-order valence-corrected chi connectivity index (χ2v) is 22.6. The molecule has 4 aliphatic rings. The van der Waals surface area contributed by atoms with E-state index in [1.54, 1.807) is 35.5 Å². The molecule has 3 heterocycles. The third kappa shape index (κ3) is 13.9. The zero-order chi connectivity index (χ0) is 49.7. The van der Waals surface area contributed by atoms with E-state index in [1.807, 2.05) is 102 Å². The lowest BCUT2D eigenvalue weighted by molar-refractivity contribution is -0.142. The maximum Gasteiger partial charge on any atom is 0.246 e. The molecule has 69 heavy (non-hydrogen) atoms. The number of hydrogen-bond donors (Lipinski definition) is 6. The number of carbonyl (C=O) groups is 5. The summed E-state index contributed by atoms with van der Waals surface area (Å²) in [6, 6.07) is 16.2. The molecule has 14 nitrogen and oxygen atoms in total. The van der Waals surface area contributed by atoms with Crippen LogP contribution in [-0.2, 0) is 33.4 Å². The fraction of sp³-hybridized carbons (Fsp3) is 0.577. The van der Waals surface area contributed by atoms with Crippen molar-refractivity contribution in [3.05, 3.63) is 71.8 Å². The highest BCUT2D eigenvalue weighted by Gasteiger charge is 2.57. The number of rotatable bonds is 18. The number of nitrogens with one attached hydrogen (secondary N) is 6. The van der Waals surface area contributed by atoms with Crippen LogP contribution in [0.5, 0.6) is 0 Å². The Bertz CT molecular complexity index is 2260. The Kier molecular flexibility index (Phi) is 19.6. The van der Waals surface area contributed by atoms with Gasteiger partial charge in [-0.05, 0) is 92.0 Å². The van der Waals surface area contributed by atoms with Crippen molar-refractivity contribution in [1.82, 2.24) is 36.8 Å². The van der Waals surface area contributed by atoms with Crippen molar-refractivity contribution in [2.45, 2.75) is 107 Å². The molecule has 1 saturated carbocycles. The van der Waals surface area contributed by atoms with Gasteiger partial charge in [-0.3, -0.25) is 24.0 Å². The number of ketones is 1. The number of thioether (sulfide) groups is 2. The second kappa shape index (κ2) is 25.1. The third-order valence-corrected chi connectivity index (χ3v) is 16.7. The number of ether oxygens (including phenoxy) is 2. The Balaban J connectivity index is 1.04. The first-order valence-corrected chi connectivity index (χ1v) is 26.4. The van der Waals surface area contributed by atoms with E-state index in [4.69, 9.17) is 21.7 Å². The van der Waals surface area contributed by atoms with Gasteiger partial charge in [0.2, 0.25) is 23.6 Å². The molecule has 0 radical (unpaired) electrons. The van der Waals surface area contributed by atoms with Crippen LogP contribution in [0.3, 0.4) is 0 Å². The van der Waals surface area contributed by atoms with Gasteiger partial charge in [-0.15, -0.1) is 11.8 Å². The predicted octanol–water partition coefficient (Wildman–Crippen LogP) is 4.17. The predicted molar refractivity (Wildman–Crippen MR) is 277 cm³/mol. The minimum Gasteiger partial charge on any atom is -0.367 e. The van der Waals surface area contributed by atoms with Crippen LogP contribution in [0.1, 0.15) is 83.5 Å². The highest BCUT2D eigenvalue weighted by molar-refractivity contribution is 8.00. The molecule has 3 aliphatic heterocycles. The van der Waals surface area contributed by atoms with E-state index in [0.717, 1.165) is 29.1 Å². The van der Waals surface area contributed by atoms with Gasteiger partial charge in [0.05, 0.1) is 60.2 Å². The summed E-state index contributed by atoms with van der Waals surface area (Å²) in [5.41, 5.74) is 0.801. The van der Waals surface area contributed by atoms with Gasteiger partial charge in [-0.2, -0.15) is 11.8 Å². The summed E-state index contributed by atoms with van der Waals surface area (Å²) in [7, 11) is 3.51. The van der Waals surface area contributed by atoms with Gasteiger partial charge in [0, 0.05) is 11.2 Å². The minimum atomic E-state index is -0.695. The largest absolute Gasteiger partial charge is 0.367 e. The second-order valence-electron chi connectivity index (χ2n) is 19.6. The van der Waals surface area contributed by atoms with E-state index in [1.165, 1.54) is 0 Å². The summed E-state index contributed by atoms with van der Waals surface area (Å²) in [5, 5.41) is 18.4. The van der Waals surface area contributed by atoms with E-state index in [-0.39, 0.29) is 79.0 Å². The summed E-state index contributed by atoms with van der Waals surface area (Å²) in [5.74, 6) is 11.0. The highest BCUT2D eigenvalue weighted by atomic mass is 32.2. The number of Topliss-reactive ketones (excluding diaryl/α,β-unsaturated/α-hetero) is 1. The Morgan fingerprint density at radius 2 is 1.35 bits per heavy atom. The van der Waals surface area contributed by atoms with Gasteiger partial charge in [0.15, 0.2) is 5.78 Å². The van der Waals surface area contributed by atoms with Crippen LogP contribution in [0.2, 0.25) is 0 Å². The van der Waals surface area contributed by atoms with Gasteiger partial charge in [0.1, 0.15) is 25.3 Å². The summed E-state index contributed by atoms with van der Waals surface area (Å²) in [4.78, 5) is 71.8. The lowest BCUT2D eigenvalue weighted by Crippen LogP contribution is -2.58. The molecule has 2 aromatic carbocycles. The standard InChI is InChI=1S/C52H69N7O7S3/c1-33(54-7)49(67)58-37-23-27-69-42-29-52(4,5)46(59(42)50(37)64)48(63)57-39(35-20-14-11-15-21-35)32-66-25-17-9-8-16-24-65-31-38(34-18-12-10-13-19-34)56-47(62)44-43-40(28-51(44,2)3)68-26-22-36(45(43)61)55-41(60)30-53-6/h10-15,18-21,33,36-40,42-44,46,53-54H,22-32H2,1-7H3,(H,55,60)(H,56,62)(H,57,63)(H,58,67)/t33-,36-,37-,38+,39?,40?,42?,43?,44+,46+/m0/s1. The lowest BCUT2D eigenvalue weighted by atomic mass is 9.75. The third-order valence-electron chi connectivity index (χ3n) is 13.6. The molecule has 0 bridgehead atoms. The SMILES string of the molecule is CNCC(=O)N[C@H]1CCSC2CC(C)(C)[C@@H](C(=O)N[C@H](COCC#CC#CCOCC(NC(=O)[C@H]3N4C(=O)[C@@H](NC(=S)[C@H](C)NC)CCSC4CC3(C)C)c3ccccc3)c3ccccc3)C2C1=O. The number of thiocarbonyl (C=S) groups is 1. The number of nitrogens with zero attached hydrogens (tertiary/aromatic N) is 1. The van der Waals surface area contributed by atoms with Crippen molar-refractivity contribution in [2.24, 2.45) is 22.7 Å². The maximum absolute atomic E-state index is 14.4. The summed E-state index contributed by atoms with van der Waals surface area (Å²) >= 11 is 9.03. The molecule has 6 rings (SSSR count). The molecular weight excluding hydrogens is 931 g/mol. The molecule has 4 fully saturated rings. The first-order valence-electron chi connectivity index (χ1n) is 23.9. The molecule has 3 saturated heterocycles. The van der Waals surface area contributed by atoms with Gasteiger partial charge >= 0.3 is 0 Å². The first-order chi connectivity index (χ1) is 33.1. The number of fused-ring (bicyclic) bond motifs is 2. The van der Waals surface area contributed by atoms with Gasteiger partial charge in [-0.1, -0.05) is 112 Å². The zero-order valence-corrected chi connectivity index (χ0v) is 43.3. The first kappa shape index (κ1) is 53.9. The van der Waals surface area contributed by atoms with Crippen LogP contribution in [0.25, 0.3) is 0 Å². The number of benzene rings is 2. The van der Waals surface area contributed by atoms with E-state index < -0.39 is 52.9 Å². The summed E-state index contributed by atoms with van der Waals surface area (Å²) in [6.45, 7) is 10.7. The van der Waals surface area contributed by atoms with Crippen molar-refractivity contribution in [2.75, 3.05) is 58.6 Å². The topological polar surface area (TPSA) is 179 Å². The quantitative estimate of drug-likeness (QED) is 0.0714. The maximum atomic E-state index is 14.4. The Morgan fingerprint density at radius 3 is 1.93 bits per heavy atom. The molecule has 10 atom stereocenters. The normalized spacial score (nSPS) is 25.9. The average Bonchev–Trinajstić information content (AvgIpc) is 3.64. The Labute approximate surface area is 422 Å². The van der Waals surface area contributed by atoms with Crippen LogP contribution in [0.4, 0.5) is 0 Å². The number of hydrogen-bond acceptors (Lipinski definition) is 12. The average molecular weight is 1000 g/mol. The molecule has 6 N–H and O–H groups in total. The molecule has 0 spiro atoms. The van der Waals surface area contributed by atoms with E-state index in [2.05, 4.69) is 55.6 Å². The van der Waals surface area contributed by atoms with Crippen LogP contribution in [0.15, 0.2) is 60.7 Å². The van der Waals surface area contributed by atoms with Crippen LogP contribution < -0.4 is 31.9 Å². The number of likely N-dealkylation sites (N-methyl/N-ethyl adjacent to an activating group) is 2. The van der Waals surface area contributed by atoms with Gasteiger partial charge in [0.25, 0.3) is 0 Å². The van der Waals surface area contributed by atoms with E-state index >= 15 is 0 Å². The van der Waals surface area contributed by atoms with Crippen molar-refractivity contribution < 1.29 is 33.4 Å². The molecule has 4 unspecified atom stereocenters. The van der Waals surface area contributed by atoms with E-state index in [9.17, 15) is 24.0 Å². The minimum absolute atomic E-state index is 0.0156. The van der Waals surface area contributed by atoms with Crippen LogP contribution in [-0.4, -0.2) is 133 Å². The Hall–Kier alpha value is -4.46. The molecular formula is C52H69N7O7S3. The molecule has 1 aliphatic carbocycles.